The fraction of sp³-hybridized carbons (Fsp3) is 0.667. The molecule has 110 valence electrons. The van der Waals surface area contributed by atoms with Crippen LogP contribution in [-0.4, -0.2) is 76.6 Å². The maximum absolute atomic E-state index is 12.4. The third kappa shape index (κ3) is 2.79. The number of aryl methyl sites for hydroxylation is 1. The number of aromatic amines is 1. The van der Waals surface area contributed by atoms with Gasteiger partial charge in [0.05, 0.1) is 0 Å². The summed E-state index contributed by atoms with van der Waals surface area (Å²) in [5.74, 6) is 0.388. The Hall–Kier alpha value is -1.96. The van der Waals surface area contributed by atoms with Gasteiger partial charge < -0.3 is 15.1 Å². The molecule has 1 atom stereocenters. The monoisotopic (exact) mass is 280 g/mol. The number of likely N-dealkylation sites (N-methyl/N-ethyl adjacent to an activating group) is 1. The molecule has 2 N–H and O–H groups in total. The van der Waals surface area contributed by atoms with Crippen LogP contribution in [0.3, 0.4) is 0 Å². The first-order valence-corrected chi connectivity index (χ1v) is 6.68. The molecule has 1 aromatic heterocycles. The second-order valence-electron chi connectivity index (χ2n) is 4.91. The van der Waals surface area contributed by atoms with Crippen molar-refractivity contribution in [1.82, 2.24) is 30.3 Å². The number of carbonyl (C=O) groups is 2. The zero-order valence-corrected chi connectivity index (χ0v) is 12.0. The molecule has 1 aliphatic heterocycles. The molecule has 1 aromatic rings. The third-order valence-corrected chi connectivity index (χ3v) is 3.29. The molecule has 1 fully saturated rings. The molecular weight excluding hydrogens is 260 g/mol. The van der Waals surface area contributed by atoms with Gasteiger partial charge in [-0.15, -0.1) is 5.10 Å². The van der Waals surface area contributed by atoms with Crippen molar-refractivity contribution in [2.75, 3.05) is 33.7 Å². The molecule has 0 aliphatic carbocycles. The Kier molecular flexibility index (Phi) is 4.33. The van der Waals surface area contributed by atoms with Crippen molar-refractivity contribution in [3.05, 3.63) is 11.6 Å². The molecule has 20 heavy (non-hydrogen) atoms. The third-order valence-electron chi connectivity index (χ3n) is 3.29. The summed E-state index contributed by atoms with van der Waals surface area (Å²) in [5.41, 5.74) is 0. The summed E-state index contributed by atoms with van der Waals surface area (Å²) in [7, 11) is 3.36. The number of rotatable bonds is 3. The van der Waals surface area contributed by atoms with Crippen molar-refractivity contribution in [1.29, 1.82) is 0 Å². The lowest BCUT2D eigenvalue weighted by atomic mass is 10.1. The maximum atomic E-state index is 12.4. The standard InChI is InChI=1S/C12H20N6O2/c1-4-9-14-10(16-15-9)12(20)18-6-5-13-7-8(18)11(19)17(2)3/h8,13H,4-7H2,1-3H3,(H,14,15,16). The molecule has 0 aromatic carbocycles. The van der Waals surface area contributed by atoms with Gasteiger partial charge in [0.1, 0.15) is 11.9 Å². The van der Waals surface area contributed by atoms with Gasteiger partial charge in [-0.2, -0.15) is 0 Å². The second-order valence-corrected chi connectivity index (χ2v) is 4.91. The molecule has 2 heterocycles. The van der Waals surface area contributed by atoms with Gasteiger partial charge in [0.2, 0.25) is 11.7 Å². The van der Waals surface area contributed by atoms with E-state index in [0.717, 1.165) is 0 Å². The normalized spacial score (nSPS) is 18.9. The van der Waals surface area contributed by atoms with Gasteiger partial charge in [-0.1, -0.05) is 6.92 Å². The van der Waals surface area contributed by atoms with Crippen LogP contribution in [-0.2, 0) is 11.2 Å². The summed E-state index contributed by atoms with van der Waals surface area (Å²) in [5, 5.41) is 9.78. The number of hydrogen-bond acceptors (Lipinski definition) is 5. The van der Waals surface area contributed by atoms with Crippen LogP contribution in [0.1, 0.15) is 23.4 Å². The van der Waals surface area contributed by atoms with Gasteiger partial charge in [0, 0.05) is 40.2 Å². The van der Waals surface area contributed by atoms with E-state index in [1.54, 1.807) is 19.0 Å². The smallest absolute Gasteiger partial charge is 0.294 e. The Morgan fingerprint density at radius 1 is 1.45 bits per heavy atom. The van der Waals surface area contributed by atoms with E-state index in [-0.39, 0.29) is 17.6 Å². The second kappa shape index (κ2) is 6.00. The highest BCUT2D eigenvalue weighted by atomic mass is 16.2. The maximum Gasteiger partial charge on any atom is 0.294 e. The Morgan fingerprint density at radius 3 is 2.80 bits per heavy atom. The van der Waals surface area contributed by atoms with E-state index in [1.165, 1.54) is 4.90 Å². The number of nitrogens with zero attached hydrogens (tertiary/aromatic N) is 4. The number of H-pyrrole nitrogens is 1. The van der Waals surface area contributed by atoms with Gasteiger partial charge >= 0.3 is 0 Å². The molecule has 8 heteroatoms. The molecule has 1 saturated heterocycles. The van der Waals surface area contributed by atoms with Crippen LogP contribution in [0, 0.1) is 0 Å². The zero-order chi connectivity index (χ0) is 14.7. The fourth-order valence-electron chi connectivity index (χ4n) is 2.14. The van der Waals surface area contributed by atoms with Gasteiger partial charge in [-0.25, -0.2) is 4.98 Å². The van der Waals surface area contributed by atoms with Crippen molar-refractivity contribution in [3.63, 3.8) is 0 Å². The Balaban J connectivity index is 2.19. The molecule has 2 rings (SSSR count). The van der Waals surface area contributed by atoms with Crippen molar-refractivity contribution in [2.45, 2.75) is 19.4 Å². The minimum absolute atomic E-state index is 0.100. The van der Waals surface area contributed by atoms with Gasteiger partial charge in [0.25, 0.3) is 5.91 Å². The van der Waals surface area contributed by atoms with E-state index in [4.69, 9.17) is 0 Å². The largest absolute Gasteiger partial charge is 0.347 e. The number of piperazine rings is 1. The first kappa shape index (κ1) is 14.4. The zero-order valence-electron chi connectivity index (χ0n) is 12.0. The molecule has 2 amide bonds. The average Bonchev–Trinajstić information content (AvgIpc) is 2.94. The minimum atomic E-state index is -0.505. The lowest BCUT2D eigenvalue weighted by Gasteiger charge is -2.35. The van der Waals surface area contributed by atoms with Crippen molar-refractivity contribution in [2.24, 2.45) is 0 Å². The quantitative estimate of drug-likeness (QED) is 0.730. The summed E-state index contributed by atoms with van der Waals surface area (Å²) in [6.45, 7) is 3.51. The highest BCUT2D eigenvalue weighted by Crippen LogP contribution is 2.10. The summed E-state index contributed by atoms with van der Waals surface area (Å²) >= 11 is 0. The lowest BCUT2D eigenvalue weighted by molar-refractivity contribution is -0.134. The Labute approximate surface area is 117 Å². The van der Waals surface area contributed by atoms with Crippen LogP contribution in [0.25, 0.3) is 0 Å². The molecule has 0 saturated carbocycles. The average molecular weight is 280 g/mol. The minimum Gasteiger partial charge on any atom is -0.347 e. The van der Waals surface area contributed by atoms with E-state index in [0.29, 0.717) is 31.9 Å². The predicted octanol–water partition coefficient (Wildman–Crippen LogP) is -1.13. The van der Waals surface area contributed by atoms with Crippen LogP contribution >= 0.6 is 0 Å². The van der Waals surface area contributed by atoms with E-state index < -0.39 is 6.04 Å². The molecule has 1 aliphatic rings. The lowest BCUT2D eigenvalue weighted by Crippen LogP contribution is -2.59. The van der Waals surface area contributed by atoms with E-state index in [9.17, 15) is 9.59 Å². The highest BCUT2D eigenvalue weighted by molar-refractivity contribution is 5.95. The van der Waals surface area contributed by atoms with Crippen LogP contribution in [0.15, 0.2) is 0 Å². The summed E-state index contributed by atoms with van der Waals surface area (Å²) < 4.78 is 0. The van der Waals surface area contributed by atoms with Crippen molar-refractivity contribution >= 4 is 11.8 Å². The fourth-order valence-corrected chi connectivity index (χ4v) is 2.14. The molecule has 8 nitrogen and oxygen atoms in total. The van der Waals surface area contributed by atoms with Gasteiger partial charge in [-0.3, -0.25) is 14.7 Å². The van der Waals surface area contributed by atoms with Crippen molar-refractivity contribution in [3.8, 4) is 0 Å². The molecule has 0 bridgehead atoms. The van der Waals surface area contributed by atoms with Crippen LogP contribution in [0.5, 0.6) is 0 Å². The topological polar surface area (TPSA) is 94.2 Å². The summed E-state index contributed by atoms with van der Waals surface area (Å²) in [6.07, 6.45) is 0.682. The number of carbonyl (C=O) groups excluding carboxylic acids is 2. The number of amides is 2. The van der Waals surface area contributed by atoms with Crippen LogP contribution in [0.4, 0.5) is 0 Å². The molecule has 0 radical (unpaired) electrons. The predicted molar refractivity (Wildman–Crippen MR) is 72.1 cm³/mol. The van der Waals surface area contributed by atoms with Gasteiger partial charge in [-0.05, 0) is 0 Å². The van der Waals surface area contributed by atoms with Crippen molar-refractivity contribution < 1.29 is 9.59 Å². The highest BCUT2D eigenvalue weighted by Gasteiger charge is 2.34. The first-order chi connectivity index (χ1) is 9.54. The molecule has 0 spiro atoms. The summed E-state index contributed by atoms with van der Waals surface area (Å²) in [4.78, 5) is 31.8. The van der Waals surface area contributed by atoms with E-state index in [1.807, 2.05) is 6.92 Å². The Bertz CT molecular complexity index is 498. The number of nitrogens with one attached hydrogen (secondary N) is 2. The van der Waals surface area contributed by atoms with Crippen LogP contribution < -0.4 is 5.32 Å². The molecule has 1 unspecified atom stereocenters. The van der Waals surface area contributed by atoms with Gasteiger partial charge in [0.15, 0.2) is 0 Å². The Morgan fingerprint density at radius 2 is 2.20 bits per heavy atom. The summed E-state index contributed by atoms with van der Waals surface area (Å²) in [6, 6.07) is -0.505. The SMILES string of the molecule is CCc1nc(C(=O)N2CCNCC2C(=O)N(C)C)n[nH]1. The number of hydrogen-bond donors (Lipinski definition) is 2. The van der Waals surface area contributed by atoms with E-state index >= 15 is 0 Å². The number of aromatic nitrogens is 3. The van der Waals surface area contributed by atoms with Crippen LogP contribution in [0.2, 0.25) is 0 Å². The van der Waals surface area contributed by atoms with E-state index in [2.05, 4.69) is 20.5 Å². The molecular formula is C12H20N6O2. The first-order valence-electron chi connectivity index (χ1n) is 6.68.